The third-order valence-corrected chi connectivity index (χ3v) is 7.67. The van der Waals surface area contributed by atoms with Gasteiger partial charge in [-0.05, 0) is 73.2 Å². The molecule has 1 aliphatic rings. The zero-order valence-electron chi connectivity index (χ0n) is 20.9. The van der Waals surface area contributed by atoms with Crippen LogP contribution in [-0.2, 0) is 17.6 Å². The van der Waals surface area contributed by atoms with Crippen molar-refractivity contribution in [1.29, 1.82) is 0 Å². The molecule has 0 atom stereocenters. The maximum absolute atomic E-state index is 12.5. The maximum atomic E-state index is 12.5. The Bertz CT molecular complexity index is 1520. The van der Waals surface area contributed by atoms with Gasteiger partial charge in [-0.2, -0.15) is 0 Å². The number of ether oxygens (including phenoxy) is 1. The van der Waals surface area contributed by atoms with Crippen molar-refractivity contribution in [3.05, 3.63) is 89.6 Å². The number of nitrogens with zero attached hydrogens (tertiary/aromatic N) is 3. The molecule has 0 spiro atoms. The second-order valence-electron chi connectivity index (χ2n) is 9.55. The number of fused-ring (bicyclic) bond motifs is 1. The molecule has 0 unspecified atom stereocenters. The van der Waals surface area contributed by atoms with Gasteiger partial charge < -0.3 is 14.5 Å². The average molecular weight is 525 g/mol. The summed E-state index contributed by atoms with van der Waals surface area (Å²) in [5, 5.41) is 12.0. The summed E-state index contributed by atoms with van der Waals surface area (Å²) in [6, 6.07) is 24.1. The number of amides is 1. The smallest absolute Gasteiger partial charge is 0.233 e. The Kier molecular flexibility index (Phi) is 7.13. The molecule has 5 aromatic rings. The van der Waals surface area contributed by atoms with Crippen LogP contribution in [0.4, 0.5) is 5.69 Å². The van der Waals surface area contributed by atoms with E-state index in [1.807, 2.05) is 48.5 Å². The van der Waals surface area contributed by atoms with Gasteiger partial charge in [0, 0.05) is 5.69 Å². The van der Waals surface area contributed by atoms with E-state index in [4.69, 9.17) is 14.1 Å². The molecule has 1 fully saturated rings. The largest absolute Gasteiger partial charge is 0.490 e. The molecule has 1 amide bonds. The summed E-state index contributed by atoms with van der Waals surface area (Å²) in [7, 11) is 0. The minimum Gasteiger partial charge on any atom is -0.490 e. The van der Waals surface area contributed by atoms with Crippen LogP contribution in [0.15, 0.2) is 77.2 Å². The van der Waals surface area contributed by atoms with E-state index in [0.717, 1.165) is 39.4 Å². The Balaban J connectivity index is 1.04. The predicted octanol–water partition coefficient (Wildman–Crippen LogP) is 6.83. The molecule has 0 aliphatic heterocycles. The first-order valence-electron chi connectivity index (χ1n) is 13.0. The Morgan fingerprint density at radius 1 is 0.921 bits per heavy atom. The van der Waals surface area contributed by atoms with Gasteiger partial charge in [0.25, 0.3) is 0 Å². The summed E-state index contributed by atoms with van der Waals surface area (Å²) in [4.78, 5) is 17.3. The van der Waals surface area contributed by atoms with E-state index in [1.165, 1.54) is 24.8 Å². The second-order valence-corrected chi connectivity index (χ2v) is 10.7. The van der Waals surface area contributed by atoms with E-state index in [1.54, 1.807) is 11.3 Å². The van der Waals surface area contributed by atoms with Crippen molar-refractivity contribution in [3.63, 3.8) is 0 Å². The summed E-state index contributed by atoms with van der Waals surface area (Å²) >= 11 is 1.61. The van der Waals surface area contributed by atoms with Crippen molar-refractivity contribution in [1.82, 2.24) is 15.2 Å². The molecule has 1 saturated carbocycles. The number of carbonyl (C=O) groups is 1. The summed E-state index contributed by atoms with van der Waals surface area (Å²) < 4.78 is 12.9. The molecule has 6 rings (SSSR count). The standard InChI is InChI=1S/C30H28N4O3S/c35-27(31-22-12-14-24(15-13-22)36-23-9-5-2-6-10-23)18-28-33-34-29(37-28)19-30-32-25-16-11-21(17-26(25)38-30)20-7-3-1-4-8-20/h1,3-4,7-8,11-17,23H,2,5-6,9-10,18-19H2,(H,31,35). The fraction of sp³-hybridized carbons (Fsp3) is 0.267. The van der Waals surface area contributed by atoms with Gasteiger partial charge in [0.1, 0.15) is 17.2 Å². The van der Waals surface area contributed by atoms with Crippen molar-refractivity contribution < 1.29 is 13.9 Å². The highest BCUT2D eigenvalue weighted by atomic mass is 32.1. The highest BCUT2D eigenvalue weighted by molar-refractivity contribution is 7.18. The zero-order valence-corrected chi connectivity index (χ0v) is 21.7. The number of aromatic nitrogens is 3. The fourth-order valence-electron chi connectivity index (χ4n) is 4.75. The number of nitrogens with one attached hydrogen (secondary N) is 1. The molecule has 3 aromatic carbocycles. The van der Waals surface area contributed by atoms with Crippen LogP contribution in [0, 0.1) is 0 Å². The minimum absolute atomic E-state index is 0.00755. The molecule has 1 N–H and O–H groups in total. The molecule has 38 heavy (non-hydrogen) atoms. The SMILES string of the molecule is O=C(Cc1nnc(Cc2nc3ccc(-c4ccccc4)cc3s2)o1)Nc1ccc(OC2CCCCC2)cc1. The van der Waals surface area contributed by atoms with Gasteiger partial charge in [-0.25, -0.2) is 4.98 Å². The Labute approximate surface area is 224 Å². The molecular weight excluding hydrogens is 496 g/mol. The molecule has 2 heterocycles. The van der Waals surface area contributed by atoms with Crippen LogP contribution in [0.5, 0.6) is 5.75 Å². The topological polar surface area (TPSA) is 90.1 Å². The Morgan fingerprint density at radius 3 is 2.53 bits per heavy atom. The van der Waals surface area contributed by atoms with Crippen LogP contribution in [-0.4, -0.2) is 27.2 Å². The molecule has 8 heteroatoms. The molecule has 2 aromatic heterocycles. The van der Waals surface area contributed by atoms with E-state index in [2.05, 4.69) is 39.8 Å². The number of benzene rings is 3. The summed E-state index contributed by atoms with van der Waals surface area (Å²) in [6.45, 7) is 0. The predicted molar refractivity (Wildman–Crippen MR) is 148 cm³/mol. The minimum atomic E-state index is -0.213. The highest BCUT2D eigenvalue weighted by Crippen LogP contribution is 2.29. The van der Waals surface area contributed by atoms with Gasteiger partial charge in [-0.3, -0.25) is 4.79 Å². The van der Waals surface area contributed by atoms with E-state index in [0.29, 0.717) is 24.1 Å². The van der Waals surface area contributed by atoms with Crippen LogP contribution in [0.25, 0.3) is 21.3 Å². The molecule has 0 radical (unpaired) electrons. The lowest BCUT2D eigenvalue weighted by molar-refractivity contribution is -0.115. The second kappa shape index (κ2) is 11.1. The van der Waals surface area contributed by atoms with Crippen molar-refractivity contribution in [3.8, 4) is 16.9 Å². The first kappa shape index (κ1) is 24.3. The highest BCUT2D eigenvalue weighted by Gasteiger charge is 2.16. The molecule has 0 saturated heterocycles. The average Bonchev–Trinajstić information content (AvgIpc) is 3.56. The van der Waals surface area contributed by atoms with Crippen LogP contribution in [0.1, 0.15) is 48.9 Å². The normalized spacial score (nSPS) is 14.0. The van der Waals surface area contributed by atoms with Gasteiger partial charge in [-0.1, -0.05) is 42.8 Å². The molecular formula is C30H28N4O3S. The lowest BCUT2D eigenvalue weighted by Gasteiger charge is -2.23. The number of hydrogen-bond donors (Lipinski definition) is 1. The van der Waals surface area contributed by atoms with Gasteiger partial charge in [0.15, 0.2) is 0 Å². The molecule has 0 bridgehead atoms. The first-order valence-corrected chi connectivity index (χ1v) is 13.8. The third kappa shape index (κ3) is 5.92. The number of rotatable bonds is 8. The van der Waals surface area contributed by atoms with Crippen LogP contribution in [0.2, 0.25) is 0 Å². The van der Waals surface area contributed by atoms with E-state index >= 15 is 0 Å². The van der Waals surface area contributed by atoms with Crippen LogP contribution in [0.3, 0.4) is 0 Å². The van der Waals surface area contributed by atoms with E-state index in [-0.39, 0.29) is 18.2 Å². The van der Waals surface area contributed by atoms with Crippen molar-refractivity contribution in [2.24, 2.45) is 0 Å². The van der Waals surface area contributed by atoms with Crippen LogP contribution < -0.4 is 10.1 Å². The quantitative estimate of drug-likeness (QED) is 0.239. The van der Waals surface area contributed by atoms with E-state index < -0.39 is 0 Å². The molecule has 192 valence electrons. The number of thiazole rings is 1. The monoisotopic (exact) mass is 524 g/mol. The number of anilines is 1. The lowest BCUT2D eigenvalue weighted by Crippen LogP contribution is -2.19. The first-order chi connectivity index (χ1) is 18.7. The molecule has 7 nitrogen and oxygen atoms in total. The lowest BCUT2D eigenvalue weighted by atomic mass is 9.98. The van der Waals surface area contributed by atoms with Crippen LogP contribution >= 0.6 is 11.3 Å². The summed E-state index contributed by atoms with van der Waals surface area (Å²) in [5.41, 5.74) is 3.98. The third-order valence-electron chi connectivity index (χ3n) is 6.66. The summed E-state index contributed by atoms with van der Waals surface area (Å²) in [5.74, 6) is 1.35. The summed E-state index contributed by atoms with van der Waals surface area (Å²) in [6.07, 6.45) is 6.70. The fourth-order valence-corrected chi connectivity index (χ4v) is 5.75. The van der Waals surface area contributed by atoms with Gasteiger partial charge >= 0.3 is 0 Å². The maximum Gasteiger partial charge on any atom is 0.233 e. The van der Waals surface area contributed by atoms with Gasteiger partial charge in [-0.15, -0.1) is 21.5 Å². The Morgan fingerprint density at radius 2 is 1.71 bits per heavy atom. The van der Waals surface area contributed by atoms with E-state index in [9.17, 15) is 4.79 Å². The number of carbonyl (C=O) groups excluding carboxylic acids is 1. The van der Waals surface area contributed by atoms with Crippen molar-refractivity contribution in [2.45, 2.75) is 51.0 Å². The van der Waals surface area contributed by atoms with Crippen molar-refractivity contribution >= 4 is 33.1 Å². The zero-order chi connectivity index (χ0) is 25.7. The molecule has 1 aliphatic carbocycles. The number of hydrogen-bond acceptors (Lipinski definition) is 7. The van der Waals surface area contributed by atoms with Crippen molar-refractivity contribution in [2.75, 3.05) is 5.32 Å². The Hall–Kier alpha value is -4.04. The van der Waals surface area contributed by atoms with Gasteiger partial charge in [0.05, 0.1) is 22.7 Å². The van der Waals surface area contributed by atoms with Gasteiger partial charge in [0.2, 0.25) is 17.7 Å².